The Bertz CT molecular complexity index is 494. The minimum absolute atomic E-state index is 0.699. The van der Waals surface area contributed by atoms with Gasteiger partial charge in [0.05, 0.1) is 0 Å². The van der Waals surface area contributed by atoms with Gasteiger partial charge >= 0.3 is 0 Å². The van der Waals surface area contributed by atoms with Crippen LogP contribution < -0.4 is 5.32 Å². The fraction of sp³-hybridized carbons (Fsp3) is 0.353. The summed E-state index contributed by atoms with van der Waals surface area (Å²) in [5.41, 5.74) is 2.66. The zero-order valence-electron chi connectivity index (χ0n) is 12.2. The van der Waals surface area contributed by atoms with Gasteiger partial charge in [0, 0.05) is 29.6 Å². The van der Waals surface area contributed by atoms with Crippen LogP contribution in [0, 0.1) is 5.92 Å². The fourth-order valence-electron chi connectivity index (χ4n) is 1.85. The molecule has 0 radical (unpaired) electrons. The van der Waals surface area contributed by atoms with Crippen LogP contribution in [0.25, 0.3) is 0 Å². The minimum atomic E-state index is 0.699. The second-order valence-electron chi connectivity index (χ2n) is 5.31. The molecule has 20 heavy (non-hydrogen) atoms. The van der Waals surface area contributed by atoms with Crippen molar-refractivity contribution in [3.8, 4) is 0 Å². The van der Waals surface area contributed by atoms with E-state index >= 15 is 0 Å². The Hall–Kier alpha value is -1.32. The Balaban J connectivity index is 1.79. The lowest BCUT2D eigenvalue weighted by Crippen LogP contribution is -2.18. The molecule has 1 aromatic carbocycles. The largest absolute Gasteiger partial charge is 0.312 e. The van der Waals surface area contributed by atoms with Crippen LogP contribution in [0.1, 0.15) is 25.0 Å². The lowest BCUT2D eigenvalue weighted by atomic mass is 10.2. The maximum absolute atomic E-state index is 4.04. The van der Waals surface area contributed by atoms with Gasteiger partial charge in [0.2, 0.25) is 0 Å². The van der Waals surface area contributed by atoms with Crippen molar-refractivity contribution in [2.45, 2.75) is 31.0 Å². The Morgan fingerprint density at radius 3 is 2.35 bits per heavy atom. The molecule has 3 heteroatoms. The lowest BCUT2D eigenvalue weighted by Gasteiger charge is -2.08. The number of nitrogens with one attached hydrogen (secondary N) is 1. The van der Waals surface area contributed by atoms with Gasteiger partial charge in [-0.1, -0.05) is 26.0 Å². The molecule has 1 heterocycles. The van der Waals surface area contributed by atoms with Crippen molar-refractivity contribution < 1.29 is 0 Å². The quantitative estimate of drug-likeness (QED) is 0.775. The predicted octanol–water partition coefficient (Wildman–Crippen LogP) is 4.12. The van der Waals surface area contributed by atoms with Crippen molar-refractivity contribution in [2.75, 3.05) is 6.54 Å². The van der Waals surface area contributed by atoms with Gasteiger partial charge in [0.1, 0.15) is 0 Å². The van der Waals surface area contributed by atoms with Crippen molar-refractivity contribution in [1.29, 1.82) is 0 Å². The molecular formula is C17H22N2S. The summed E-state index contributed by atoms with van der Waals surface area (Å²) >= 11 is 1.86. The first-order valence-corrected chi connectivity index (χ1v) is 8.04. The predicted molar refractivity (Wildman–Crippen MR) is 86.8 cm³/mol. The van der Waals surface area contributed by atoms with E-state index in [1.54, 1.807) is 0 Å². The normalized spacial score (nSPS) is 10.9. The van der Waals surface area contributed by atoms with Crippen LogP contribution in [0.3, 0.4) is 0 Å². The topological polar surface area (TPSA) is 24.9 Å². The Kier molecular flexibility index (Phi) is 6.09. The molecule has 0 atom stereocenters. The Morgan fingerprint density at radius 1 is 1.00 bits per heavy atom. The third-order valence-electron chi connectivity index (χ3n) is 2.96. The van der Waals surface area contributed by atoms with Crippen molar-refractivity contribution in [3.63, 3.8) is 0 Å². The maximum Gasteiger partial charge on any atom is 0.0270 e. The molecule has 0 fully saturated rings. The van der Waals surface area contributed by atoms with Gasteiger partial charge in [0.25, 0.3) is 0 Å². The van der Waals surface area contributed by atoms with Crippen LogP contribution in [0.4, 0.5) is 0 Å². The number of thioether (sulfide) groups is 1. The average Bonchev–Trinajstić information content (AvgIpc) is 2.47. The molecule has 0 bridgehead atoms. The zero-order valence-corrected chi connectivity index (χ0v) is 13.0. The van der Waals surface area contributed by atoms with E-state index in [0.717, 1.165) is 18.8 Å². The molecule has 0 saturated heterocycles. The van der Waals surface area contributed by atoms with Gasteiger partial charge in [-0.15, -0.1) is 11.8 Å². The van der Waals surface area contributed by atoms with E-state index in [1.165, 1.54) is 16.0 Å². The molecule has 2 rings (SSSR count). The standard InChI is InChI=1S/C17H22N2S/c1-14(2)11-19-12-15-3-5-17(6-4-15)20-13-16-7-9-18-10-8-16/h3-10,14,19H,11-13H2,1-2H3. The summed E-state index contributed by atoms with van der Waals surface area (Å²) in [6.07, 6.45) is 3.69. The number of aromatic nitrogens is 1. The third-order valence-corrected chi connectivity index (χ3v) is 4.04. The highest BCUT2D eigenvalue weighted by molar-refractivity contribution is 7.98. The second-order valence-corrected chi connectivity index (χ2v) is 6.36. The molecule has 0 aliphatic rings. The molecule has 106 valence electrons. The molecule has 0 amide bonds. The van der Waals surface area contributed by atoms with Crippen molar-refractivity contribution >= 4 is 11.8 Å². The van der Waals surface area contributed by atoms with Crippen molar-refractivity contribution in [3.05, 3.63) is 59.9 Å². The molecule has 0 saturated carbocycles. The molecule has 0 spiro atoms. The molecule has 0 aliphatic heterocycles. The molecule has 2 nitrogen and oxygen atoms in total. The summed E-state index contributed by atoms with van der Waals surface area (Å²) in [4.78, 5) is 5.35. The molecule has 2 aromatic rings. The van der Waals surface area contributed by atoms with Gasteiger partial charge in [-0.2, -0.15) is 0 Å². The van der Waals surface area contributed by atoms with Gasteiger partial charge < -0.3 is 5.32 Å². The number of benzene rings is 1. The van der Waals surface area contributed by atoms with E-state index in [0.29, 0.717) is 5.92 Å². The van der Waals surface area contributed by atoms with Crippen LogP contribution in [-0.2, 0) is 12.3 Å². The van der Waals surface area contributed by atoms with Gasteiger partial charge in [-0.05, 0) is 47.9 Å². The summed E-state index contributed by atoms with van der Waals surface area (Å²) in [7, 11) is 0. The van der Waals surface area contributed by atoms with Gasteiger partial charge in [-0.25, -0.2) is 0 Å². The van der Waals surface area contributed by atoms with E-state index in [1.807, 2.05) is 24.2 Å². The van der Waals surface area contributed by atoms with E-state index in [2.05, 4.69) is 60.5 Å². The smallest absolute Gasteiger partial charge is 0.0270 e. The fourth-order valence-corrected chi connectivity index (χ4v) is 2.71. The maximum atomic E-state index is 4.04. The highest BCUT2D eigenvalue weighted by atomic mass is 32.2. The average molecular weight is 286 g/mol. The van der Waals surface area contributed by atoms with Crippen LogP contribution in [-0.4, -0.2) is 11.5 Å². The van der Waals surface area contributed by atoms with E-state index in [9.17, 15) is 0 Å². The highest BCUT2D eigenvalue weighted by Gasteiger charge is 1.98. The first kappa shape index (κ1) is 15.1. The number of rotatable bonds is 7. The molecule has 0 unspecified atom stereocenters. The summed E-state index contributed by atoms with van der Waals surface area (Å²) in [5.74, 6) is 1.69. The number of nitrogens with zero attached hydrogens (tertiary/aromatic N) is 1. The number of hydrogen-bond acceptors (Lipinski definition) is 3. The summed E-state index contributed by atoms with van der Waals surface area (Å²) in [6, 6.07) is 13.0. The monoisotopic (exact) mass is 286 g/mol. The zero-order chi connectivity index (χ0) is 14.2. The van der Waals surface area contributed by atoms with Crippen LogP contribution in [0.5, 0.6) is 0 Å². The minimum Gasteiger partial charge on any atom is -0.312 e. The van der Waals surface area contributed by atoms with Crippen LogP contribution in [0.2, 0.25) is 0 Å². The second kappa shape index (κ2) is 8.08. The van der Waals surface area contributed by atoms with Gasteiger partial charge in [-0.3, -0.25) is 4.98 Å². The van der Waals surface area contributed by atoms with Crippen molar-refractivity contribution in [1.82, 2.24) is 10.3 Å². The molecule has 1 N–H and O–H groups in total. The van der Waals surface area contributed by atoms with Crippen LogP contribution in [0.15, 0.2) is 53.7 Å². The molecular weight excluding hydrogens is 264 g/mol. The lowest BCUT2D eigenvalue weighted by molar-refractivity contribution is 0.552. The van der Waals surface area contributed by atoms with E-state index in [4.69, 9.17) is 0 Å². The Labute approximate surface area is 126 Å². The van der Waals surface area contributed by atoms with Gasteiger partial charge in [0.15, 0.2) is 0 Å². The SMILES string of the molecule is CC(C)CNCc1ccc(SCc2ccncc2)cc1. The third kappa shape index (κ3) is 5.35. The van der Waals surface area contributed by atoms with Crippen LogP contribution >= 0.6 is 11.8 Å². The first-order valence-electron chi connectivity index (χ1n) is 7.05. The summed E-state index contributed by atoms with van der Waals surface area (Å²) in [6.45, 7) is 6.48. The number of pyridine rings is 1. The van der Waals surface area contributed by atoms with Crippen molar-refractivity contribution in [2.24, 2.45) is 5.92 Å². The first-order chi connectivity index (χ1) is 9.74. The van der Waals surface area contributed by atoms with E-state index < -0.39 is 0 Å². The summed E-state index contributed by atoms with van der Waals surface area (Å²) in [5, 5.41) is 3.46. The Morgan fingerprint density at radius 2 is 1.70 bits per heavy atom. The van der Waals surface area contributed by atoms with E-state index in [-0.39, 0.29) is 0 Å². The molecule has 0 aliphatic carbocycles. The highest BCUT2D eigenvalue weighted by Crippen LogP contribution is 2.22. The molecule has 1 aromatic heterocycles. The number of hydrogen-bond donors (Lipinski definition) is 1. The summed E-state index contributed by atoms with van der Waals surface area (Å²) < 4.78 is 0.